The van der Waals surface area contributed by atoms with Crippen molar-refractivity contribution < 1.29 is 34.4 Å². The average molecular weight is 536 g/mol. The molecule has 11 heteroatoms. The van der Waals surface area contributed by atoms with E-state index in [-0.39, 0.29) is 22.9 Å². The van der Waals surface area contributed by atoms with E-state index in [4.69, 9.17) is 16.3 Å². The maximum absolute atomic E-state index is 13.7. The van der Waals surface area contributed by atoms with Gasteiger partial charge in [-0.1, -0.05) is 41.9 Å². The first-order valence-electron chi connectivity index (χ1n) is 11.7. The molecule has 2 atom stereocenters. The number of alkyl carbamates (subject to hydrolysis) is 1. The number of aliphatic hydroxyl groups is 2. The van der Waals surface area contributed by atoms with Crippen LogP contribution in [0.3, 0.4) is 0 Å². The third-order valence-corrected chi connectivity index (χ3v) is 5.70. The number of phenolic OH excluding ortho intramolecular Hbond substituents is 1. The normalized spacial score (nSPS) is 12.9. The lowest BCUT2D eigenvalue weighted by atomic mass is 9.99. The minimum atomic E-state index is -1.49. The molecular formula is C26H34ClN3O7. The first-order chi connectivity index (χ1) is 17.3. The van der Waals surface area contributed by atoms with Gasteiger partial charge in [-0.3, -0.25) is 9.59 Å². The van der Waals surface area contributed by atoms with Crippen LogP contribution in [-0.2, 0) is 14.3 Å². The molecule has 2 aromatic rings. The lowest BCUT2D eigenvalue weighted by molar-refractivity contribution is -0.142. The lowest BCUT2D eigenvalue weighted by Crippen LogP contribution is -2.54. The van der Waals surface area contributed by atoms with Crippen LogP contribution in [0.15, 0.2) is 36.4 Å². The van der Waals surface area contributed by atoms with Gasteiger partial charge in [0.1, 0.15) is 23.4 Å². The summed E-state index contributed by atoms with van der Waals surface area (Å²) in [6, 6.07) is 6.80. The molecule has 0 saturated heterocycles. The fourth-order valence-electron chi connectivity index (χ4n) is 3.64. The smallest absolute Gasteiger partial charge is 0.408 e. The number of aromatic hydroxyl groups is 1. The predicted molar refractivity (Wildman–Crippen MR) is 139 cm³/mol. The van der Waals surface area contributed by atoms with E-state index in [0.29, 0.717) is 16.8 Å². The number of carbonyl (C=O) groups excluding carboxylic acids is 3. The fraction of sp³-hybridized carbons (Fsp3) is 0.423. The highest BCUT2D eigenvalue weighted by Crippen LogP contribution is 2.34. The Kier molecular flexibility index (Phi) is 10.3. The van der Waals surface area contributed by atoms with Crippen molar-refractivity contribution in [2.45, 2.75) is 52.3 Å². The van der Waals surface area contributed by atoms with Crippen LogP contribution >= 0.6 is 11.6 Å². The number of hydrogen-bond acceptors (Lipinski definition) is 7. The molecule has 0 aliphatic heterocycles. The van der Waals surface area contributed by atoms with Crippen molar-refractivity contribution in [3.05, 3.63) is 58.1 Å². The maximum Gasteiger partial charge on any atom is 0.408 e. The topological polar surface area (TPSA) is 148 Å². The number of anilines is 1. The Morgan fingerprint density at radius 2 is 1.68 bits per heavy atom. The molecule has 5 N–H and O–H groups in total. The zero-order chi connectivity index (χ0) is 27.9. The second-order valence-electron chi connectivity index (χ2n) is 9.47. The fourth-order valence-corrected chi connectivity index (χ4v) is 3.91. The molecular weight excluding hydrogens is 502 g/mol. The molecule has 0 bridgehead atoms. The maximum atomic E-state index is 13.7. The molecule has 2 rings (SSSR count). The van der Waals surface area contributed by atoms with E-state index in [0.717, 1.165) is 4.90 Å². The van der Waals surface area contributed by atoms with Gasteiger partial charge in [0.2, 0.25) is 5.91 Å². The molecule has 0 aromatic heterocycles. The van der Waals surface area contributed by atoms with Gasteiger partial charge in [0.15, 0.2) is 0 Å². The van der Waals surface area contributed by atoms with Gasteiger partial charge in [-0.25, -0.2) is 4.79 Å². The Hall–Kier alpha value is -3.34. The third-order valence-electron chi connectivity index (χ3n) is 5.39. The van der Waals surface area contributed by atoms with E-state index in [1.807, 2.05) is 0 Å². The third kappa shape index (κ3) is 7.82. The summed E-state index contributed by atoms with van der Waals surface area (Å²) >= 11 is 6.29. The number of rotatable bonds is 9. The molecule has 10 nitrogen and oxygen atoms in total. The molecule has 0 fully saturated rings. The number of aryl methyl sites for hydroxylation is 2. The summed E-state index contributed by atoms with van der Waals surface area (Å²) in [5.74, 6) is -1.83. The monoisotopic (exact) mass is 535 g/mol. The summed E-state index contributed by atoms with van der Waals surface area (Å²) in [7, 11) is 0. The van der Waals surface area contributed by atoms with Gasteiger partial charge >= 0.3 is 6.09 Å². The molecule has 0 heterocycles. The Balaban J connectivity index is 2.54. The van der Waals surface area contributed by atoms with Crippen LogP contribution in [0.5, 0.6) is 5.75 Å². The number of para-hydroxylation sites is 2. The zero-order valence-electron chi connectivity index (χ0n) is 21.5. The number of carbonyl (C=O) groups is 3. The highest BCUT2D eigenvalue weighted by Gasteiger charge is 2.37. The largest absolute Gasteiger partial charge is 0.507 e. The second-order valence-corrected chi connectivity index (χ2v) is 9.88. The van der Waals surface area contributed by atoms with Gasteiger partial charge in [0, 0.05) is 12.1 Å². The van der Waals surface area contributed by atoms with Gasteiger partial charge in [-0.05, 0) is 51.8 Å². The van der Waals surface area contributed by atoms with E-state index in [1.54, 1.807) is 65.0 Å². The summed E-state index contributed by atoms with van der Waals surface area (Å²) in [4.78, 5) is 40.5. The van der Waals surface area contributed by atoms with Crippen LogP contribution < -0.4 is 10.6 Å². The summed E-state index contributed by atoms with van der Waals surface area (Å²) in [5.41, 5.74) is 0.644. The number of nitrogens with zero attached hydrogens (tertiary/aromatic N) is 1. The summed E-state index contributed by atoms with van der Waals surface area (Å²) in [6.45, 7) is 6.58. The molecule has 0 aliphatic rings. The average Bonchev–Trinajstić information content (AvgIpc) is 2.80. The van der Waals surface area contributed by atoms with Gasteiger partial charge in [0.25, 0.3) is 5.91 Å². The van der Waals surface area contributed by atoms with Gasteiger partial charge < -0.3 is 35.6 Å². The van der Waals surface area contributed by atoms with E-state index in [9.17, 15) is 29.7 Å². The molecule has 202 valence electrons. The van der Waals surface area contributed by atoms with Crippen LogP contribution in [0.1, 0.15) is 43.5 Å². The minimum Gasteiger partial charge on any atom is -0.507 e. The standard InChI is InChI=1S/C26H34ClN3O7/c1-15-8-7-11-18(27)20(15)29-23(34)21(17-10-6-9-16(2)22(17)33)30(12-13-31)24(35)19(14-32)28-25(36)37-26(3,4)5/h6-11,19,21,31-33H,12-14H2,1-5H3,(H,28,36)(H,29,34). The summed E-state index contributed by atoms with van der Waals surface area (Å²) in [5, 5.41) is 35.8. The quantitative estimate of drug-likeness (QED) is 0.331. The van der Waals surface area contributed by atoms with Crippen molar-refractivity contribution in [3.63, 3.8) is 0 Å². The predicted octanol–water partition coefficient (Wildman–Crippen LogP) is 3.05. The number of nitrogens with one attached hydrogen (secondary N) is 2. The van der Waals surface area contributed by atoms with Crippen molar-refractivity contribution in [2.75, 3.05) is 25.1 Å². The Morgan fingerprint density at radius 3 is 2.24 bits per heavy atom. The van der Waals surface area contributed by atoms with Gasteiger partial charge in [-0.15, -0.1) is 0 Å². The summed E-state index contributed by atoms with van der Waals surface area (Å²) in [6.07, 6.45) is -0.949. The second kappa shape index (κ2) is 12.8. The molecule has 37 heavy (non-hydrogen) atoms. The number of amides is 3. The molecule has 0 aliphatic carbocycles. The van der Waals surface area contributed by atoms with E-state index in [2.05, 4.69) is 10.6 Å². The van der Waals surface area contributed by atoms with Crippen LogP contribution in [0.2, 0.25) is 5.02 Å². The van der Waals surface area contributed by atoms with Crippen molar-refractivity contribution in [1.29, 1.82) is 0 Å². The number of ether oxygens (including phenoxy) is 1. The van der Waals surface area contributed by atoms with E-state index in [1.165, 1.54) is 6.07 Å². The number of hydrogen-bond donors (Lipinski definition) is 5. The van der Waals surface area contributed by atoms with E-state index >= 15 is 0 Å². The number of phenols is 1. The molecule has 0 saturated carbocycles. The van der Waals surface area contributed by atoms with Crippen molar-refractivity contribution in [1.82, 2.24) is 10.2 Å². The minimum absolute atomic E-state index is 0.0814. The zero-order valence-corrected chi connectivity index (χ0v) is 22.3. The first kappa shape index (κ1) is 29.9. The van der Waals surface area contributed by atoms with Crippen LogP contribution in [-0.4, -0.2) is 69.5 Å². The number of aliphatic hydroxyl groups excluding tert-OH is 2. The van der Waals surface area contributed by atoms with Gasteiger partial charge in [0.05, 0.1) is 23.9 Å². The Bertz CT molecular complexity index is 1110. The van der Waals surface area contributed by atoms with E-state index < -0.39 is 48.8 Å². The van der Waals surface area contributed by atoms with Crippen molar-refractivity contribution >= 4 is 35.2 Å². The first-order valence-corrected chi connectivity index (χ1v) is 12.0. The van der Waals surface area contributed by atoms with Crippen LogP contribution in [0.25, 0.3) is 0 Å². The van der Waals surface area contributed by atoms with Crippen molar-refractivity contribution in [3.8, 4) is 5.75 Å². The molecule has 3 amide bonds. The molecule has 2 unspecified atom stereocenters. The number of benzene rings is 2. The Labute approximate surface area is 221 Å². The lowest BCUT2D eigenvalue weighted by Gasteiger charge is -2.34. The number of halogens is 1. The molecule has 0 radical (unpaired) electrons. The summed E-state index contributed by atoms with van der Waals surface area (Å²) < 4.78 is 5.18. The van der Waals surface area contributed by atoms with Crippen LogP contribution in [0, 0.1) is 13.8 Å². The SMILES string of the molecule is Cc1cccc(C(C(=O)Nc2c(C)cccc2Cl)N(CCO)C(=O)C(CO)NC(=O)OC(C)(C)C)c1O. The molecule has 2 aromatic carbocycles. The Morgan fingerprint density at radius 1 is 1.05 bits per heavy atom. The van der Waals surface area contributed by atoms with Gasteiger partial charge in [-0.2, -0.15) is 0 Å². The highest BCUT2D eigenvalue weighted by atomic mass is 35.5. The van der Waals surface area contributed by atoms with Crippen molar-refractivity contribution in [2.24, 2.45) is 0 Å². The highest BCUT2D eigenvalue weighted by molar-refractivity contribution is 6.34. The molecule has 0 spiro atoms. The van der Waals surface area contributed by atoms with Crippen LogP contribution in [0.4, 0.5) is 10.5 Å².